The van der Waals surface area contributed by atoms with Crippen molar-refractivity contribution in [2.75, 3.05) is 13.7 Å². The Kier molecular flexibility index (Phi) is 4.12. The lowest BCUT2D eigenvalue weighted by atomic mass is 10.1. The molecule has 0 saturated heterocycles. The van der Waals surface area contributed by atoms with Gasteiger partial charge in [0.05, 0.1) is 18.7 Å². The highest BCUT2D eigenvalue weighted by molar-refractivity contribution is 7.09. The number of hydrogen-bond donors (Lipinski definition) is 1. The largest absolute Gasteiger partial charge is 0.497 e. The molecule has 1 heterocycles. The second kappa shape index (κ2) is 5.80. The Morgan fingerprint density at radius 1 is 1.47 bits per heavy atom. The van der Waals surface area contributed by atoms with Crippen molar-refractivity contribution in [1.82, 2.24) is 10.3 Å². The highest BCUT2D eigenvalue weighted by Crippen LogP contribution is 2.27. The number of thiazole rings is 1. The third-order valence-corrected chi connectivity index (χ3v) is 3.41. The van der Waals surface area contributed by atoms with Crippen molar-refractivity contribution < 1.29 is 4.74 Å². The predicted molar refractivity (Wildman–Crippen MR) is 70.6 cm³/mol. The molecule has 17 heavy (non-hydrogen) atoms. The van der Waals surface area contributed by atoms with Gasteiger partial charge >= 0.3 is 0 Å². The highest BCUT2D eigenvalue weighted by Gasteiger charge is 2.14. The van der Waals surface area contributed by atoms with Crippen LogP contribution in [0.3, 0.4) is 0 Å². The van der Waals surface area contributed by atoms with Crippen LogP contribution in [0.4, 0.5) is 0 Å². The molecule has 1 aromatic carbocycles. The van der Waals surface area contributed by atoms with Crippen molar-refractivity contribution in [1.29, 1.82) is 0 Å². The van der Waals surface area contributed by atoms with Gasteiger partial charge in [0, 0.05) is 11.1 Å². The predicted octanol–water partition coefficient (Wildman–Crippen LogP) is 2.85. The highest BCUT2D eigenvalue weighted by atomic mass is 32.1. The van der Waals surface area contributed by atoms with Crippen molar-refractivity contribution >= 4 is 11.3 Å². The Labute approximate surface area is 105 Å². The molecular weight excluding hydrogens is 232 g/mol. The van der Waals surface area contributed by atoms with E-state index < -0.39 is 0 Å². The summed E-state index contributed by atoms with van der Waals surface area (Å²) in [5.41, 5.74) is 3.07. The lowest BCUT2D eigenvalue weighted by molar-refractivity contribution is 0.413. The van der Waals surface area contributed by atoms with Gasteiger partial charge in [0.15, 0.2) is 0 Å². The maximum atomic E-state index is 5.26. The van der Waals surface area contributed by atoms with Crippen LogP contribution in [-0.2, 0) is 0 Å². The first kappa shape index (κ1) is 12.1. The van der Waals surface area contributed by atoms with Crippen LogP contribution in [0.25, 0.3) is 0 Å². The number of aromatic nitrogens is 1. The van der Waals surface area contributed by atoms with Crippen molar-refractivity contribution in [2.45, 2.75) is 13.0 Å². The standard InChI is InChI=1S/C13H16N2OS/c1-3-15-13(12-8-14-9-17-12)10-5-4-6-11(7-10)16-2/h4-9,13,15H,3H2,1-2H3. The van der Waals surface area contributed by atoms with Crippen molar-refractivity contribution in [3.63, 3.8) is 0 Å². The minimum atomic E-state index is 0.197. The summed E-state index contributed by atoms with van der Waals surface area (Å²) in [5.74, 6) is 0.884. The van der Waals surface area contributed by atoms with Gasteiger partial charge in [-0.1, -0.05) is 19.1 Å². The summed E-state index contributed by atoms with van der Waals surface area (Å²) in [4.78, 5) is 5.36. The van der Waals surface area contributed by atoms with E-state index in [-0.39, 0.29) is 6.04 Å². The van der Waals surface area contributed by atoms with Crippen LogP contribution in [0.2, 0.25) is 0 Å². The van der Waals surface area contributed by atoms with Crippen LogP contribution in [-0.4, -0.2) is 18.6 Å². The van der Waals surface area contributed by atoms with Gasteiger partial charge in [0.25, 0.3) is 0 Å². The molecule has 0 fully saturated rings. The normalized spacial score (nSPS) is 12.4. The SMILES string of the molecule is CCNC(c1cccc(OC)c1)c1cncs1. The monoisotopic (exact) mass is 248 g/mol. The average Bonchev–Trinajstić information content (AvgIpc) is 2.89. The Morgan fingerprint density at radius 3 is 3.00 bits per heavy atom. The lowest BCUT2D eigenvalue weighted by Gasteiger charge is -2.17. The first-order valence-electron chi connectivity index (χ1n) is 5.61. The number of hydrogen-bond acceptors (Lipinski definition) is 4. The van der Waals surface area contributed by atoms with E-state index in [2.05, 4.69) is 29.4 Å². The maximum absolute atomic E-state index is 5.26. The fourth-order valence-corrected chi connectivity index (χ4v) is 2.50. The van der Waals surface area contributed by atoms with Gasteiger partial charge in [-0.3, -0.25) is 4.98 Å². The minimum absolute atomic E-state index is 0.197. The molecule has 1 atom stereocenters. The zero-order valence-electron chi connectivity index (χ0n) is 10.0. The van der Waals surface area contributed by atoms with E-state index in [9.17, 15) is 0 Å². The molecule has 0 amide bonds. The molecule has 0 bridgehead atoms. The molecule has 0 spiro atoms. The summed E-state index contributed by atoms with van der Waals surface area (Å²) < 4.78 is 5.26. The van der Waals surface area contributed by atoms with Crippen LogP contribution >= 0.6 is 11.3 Å². The van der Waals surface area contributed by atoms with Crippen molar-refractivity contribution in [3.05, 3.63) is 46.4 Å². The van der Waals surface area contributed by atoms with E-state index in [1.165, 1.54) is 10.4 Å². The fraction of sp³-hybridized carbons (Fsp3) is 0.308. The van der Waals surface area contributed by atoms with Crippen LogP contribution < -0.4 is 10.1 Å². The quantitative estimate of drug-likeness (QED) is 0.883. The summed E-state index contributed by atoms with van der Waals surface area (Å²) in [6, 6.07) is 8.34. The van der Waals surface area contributed by atoms with Gasteiger partial charge in [-0.25, -0.2) is 0 Å². The summed E-state index contributed by atoms with van der Waals surface area (Å²) in [6.45, 7) is 3.02. The average molecular weight is 248 g/mol. The number of rotatable bonds is 5. The number of nitrogens with one attached hydrogen (secondary N) is 1. The zero-order valence-corrected chi connectivity index (χ0v) is 10.8. The van der Waals surface area contributed by atoms with Gasteiger partial charge in [-0.05, 0) is 24.2 Å². The number of ether oxygens (including phenoxy) is 1. The van der Waals surface area contributed by atoms with Gasteiger partial charge in [0.2, 0.25) is 0 Å². The third-order valence-electron chi connectivity index (χ3n) is 2.57. The maximum Gasteiger partial charge on any atom is 0.119 e. The molecule has 0 saturated carbocycles. The van der Waals surface area contributed by atoms with E-state index >= 15 is 0 Å². The molecule has 1 unspecified atom stereocenters. The Morgan fingerprint density at radius 2 is 2.35 bits per heavy atom. The topological polar surface area (TPSA) is 34.1 Å². The van der Waals surface area contributed by atoms with Gasteiger partial charge in [-0.2, -0.15) is 0 Å². The summed E-state index contributed by atoms with van der Waals surface area (Å²) in [5, 5.41) is 3.47. The van der Waals surface area contributed by atoms with Gasteiger partial charge in [-0.15, -0.1) is 11.3 Å². The van der Waals surface area contributed by atoms with E-state index in [0.29, 0.717) is 0 Å². The molecule has 0 aliphatic rings. The van der Waals surface area contributed by atoms with Crippen molar-refractivity contribution in [2.24, 2.45) is 0 Å². The first-order valence-corrected chi connectivity index (χ1v) is 6.48. The molecule has 1 N–H and O–H groups in total. The van der Waals surface area contributed by atoms with Crippen molar-refractivity contribution in [3.8, 4) is 5.75 Å². The van der Waals surface area contributed by atoms with Gasteiger partial charge < -0.3 is 10.1 Å². The first-order chi connectivity index (χ1) is 8.35. The minimum Gasteiger partial charge on any atom is -0.497 e. The fourth-order valence-electron chi connectivity index (χ4n) is 1.78. The summed E-state index contributed by atoms with van der Waals surface area (Å²) in [7, 11) is 1.69. The Balaban J connectivity index is 2.32. The molecule has 2 rings (SSSR count). The van der Waals surface area contributed by atoms with Crippen LogP contribution in [0, 0.1) is 0 Å². The number of nitrogens with zero attached hydrogens (tertiary/aromatic N) is 1. The lowest BCUT2D eigenvalue weighted by Crippen LogP contribution is -2.21. The molecule has 0 aliphatic carbocycles. The zero-order chi connectivity index (χ0) is 12.1. The number of methoxy groups -OCH3 is 1. The molecule has 90 valence electrons. The van der Waals surface area contributed by atoms with E-state index in [4.69, 9.17) is 4.74 Å². The second-order valence-corrected chi connectivity index (χ2v) is 4.59. The number of benzene rings is 1. The Bertz CT molecular complexity index is 456. The van der Waals surface area contributed by atoms with Crippen LogP contribution in [0.15, 0.2) is 36.0 Å². The third kappa shape index (κ3) is 2.84. The molecule has 4 heteroatoms. The molecule has 0 aliphatic heterocycles. The van der Waals surface area contributed by atoms with Crippen LogP contribution in [0.1, 0.15) is 23.4 Å². The molecule has 2 aromatic rings. The molecule has 0 radical (unpaired) electrons. The van der Waals surface area contributed by atoms with E-state index in [1.807, 2.05) is 23.8 Å². The smallest absolute Gasteiger partial charge is 0.119 e. The summed E-state index contributed by atoms with van der Waals surface area (Å²) >= 11 is 1.66. The second-order valence-electron chi connectivity index (χ2n) is 3.67. The van der Waals surface area contributed by atoms with Crippen LogP contribution in [0.5, 0.6) is 5.75 Å². The molecule has 1 aromatic heterocycles. The molecular formula is C13H16N2OS. The van der Waals surface area contributed by atoms with E-state index in [1.54, 1.807) is 18.4 Å². The van der Waals surface area contributed by atoms with Gasteiger partial charge in [0.1, 0.15) is 5.75 Å². The van der Waals surface area contributed by atoms with E-state index in [0.717, 1.165) is 12.3 Å². The molecule has 3 nitrogen and oxygen atoms in total. The summed E-state index contributed by atoms with van der Waals surface area (Å²) in [6.07, 6.45) is 1.91. The Hall–Kier alpha value is -1.39.